The lowest BCUT2D eigenvalue weighted by Gasteiger charge is -2.42. The molecular formula is C17H25ClO2. The first-order valence-electron chi connectivity index (χ1n) is 7.49. The molecule has 3 heteroatoms. The summed E-state index contributed by atoms with van der Waals surface area (Å²) in [5, 5.41) is -0.235. The van der Waals surface area contributed by atoms with Crippen LogP contribution < -0.4 is 0 Å². The van der Waals surface area contributed by atoms with Crippen molar-refractivity contribution >= 4 is 11.6 Å². The second-order valence-corrected chi connectivity index (χ2v) is 6.80. The van der Waals surface area contributed by atoms with Crippen molar-refractivity contribution in [1.82, 2.24) is 0 Å². The molecule has 0 aliphatic carbocycles. The third-order valence-corrected chi connectivity index (χ3v) is 4.03. The normalized spacial score (nSPS) is 28.6. The molecule has 0 spiro atoms. The van der Waals surface area contributed by atoms with Gasteiger partial charge in [0, 0.05) is 5.56 Å². The molecular weight excluding hydrogens is 272 g/mol. The number of hydrogen-bond donors (Lipinski definition) is 0. The van der Waals surface area contributed by atoms with Crippen LogP contribution in [0.3, 0.4) is 0 Å². The van der Waals surface area contributed by atoms with Crippen LogP contribution >= 0.6 is 11.6 Å². The summed E-state index contributed by atoms with van der Waals surface area (Å²) in [4.78, 5) is 0. The molecule has 0 N–H and O–H groups in total. The summed E-state index contributed by atoms with van der Waals surface area (Å²) in [5.41, 5.74) is 2.35. The summed E-state index contributed by atoms with van der Waals surface area (Å²) in [6.07, 6.45) is 2.17. The summed E-state index contributed by atoms with van der Waals surface area (Å²) in [7, 11) is 0. The fourth-order valence-electron chi connectivity index (χ4n) is 2.70. The minimum absolute atomic E-state index is 0.167. The van der Waals surface area contributed by atoms with E-state index in [1.807, 2.05) is 6.92 Å². The smallest absolute Gasteiger partial charge is 0.211 e. The summed E-state index contributed by atoms with van der Waals surface area (Å²) in [5.74, 6) is -0.153. The maximum atomic E-state index is 6.39. The zero-order valence-electron chi connectivity index (χ0n) is 12.9. The molecule has 20 heavy (non-hydrogen) atoms. The van der Waals surface area contributed by atoms with Crippen molar-refractivity contribution in [3.8, 4) is 0 Å². The number of halogens is 1. The Morgan fingerprint density at radius 2 is 1.90 bits per heavy atom. The standard InChI is InChI=1S/C17H25ClO2/c1-12(2)11-15-5-7-16(8-6-15)17(14(4)18)19-10-9-13(3)20-17/h5-8,12-14H,9-11H2,1-4H3. The molecule has 2 nitrogen and oxygen atoms in total. The van der Waals surface area contributed by atoms with E-state index in [-0.39, 0.29) is 11.5 Å². The summed E-state index contributed by atoms with van der Waals surface area (Å²) >= 11 is 6.39. The Morgan fingerprint density at radius 1 is 1.25 bits per heavy atom. The van der Waals surface area contributed by atoms with Gasteiger partial charge in [0.15, 0.2) is 0 Å². The highest BCUT2D eigenvalue weighted by Crippen LogP contribution is 2.39. The van der Waals surface area contributed by atoms with E-state index in [2.05, 4.69) is 45.0 Å². The Labute approximate surface area is 127 Å². The predicted molar refractivity (Wildman–Crippen MR) is 83.1 cm³/mol. The van der Waals surface area contributed by atoms with Crippen LogP contribution in [0.5, 0.6) is 0 Å². The molecule has 112 valence electrons. The van der Waals surface area contributed by atoms with Crippen LogP contribution in [0.1, 0.15) is 45.2 Å². The van der Waals surface area contributed by atoms with E-state index in [0.717, 1.165) is 18.4 Å². The van der Waals surface area contributed by atoms with Crippen LogP contribution in [0.2, 0.25) is 0 Å². The molecule has 1 heterocycles. The monoisotopic (exact) mass is 296 g/mol. The van der Waals surface area contributed by atoms with Crippen LogP contribution in [0.25, 0.3) is 0 Å². The van der Waals surface area contributed by atoms with E-state index >= 15 is 0 Å². The van der Waals surface area contributed by atoms with Gasteiger partial charge in [0.2, 0.25) is 5.79 Å². The van der Waals surface area contributed by atoms with Crippen molar-refractivity contribution in [2.24, 2.45) is 5.92 Å². The fourth-order valence-corrected chi connectivity index (χ4v) is 2.94. The topological polar surface area (TPSA) is 18.5 Å². The number of alkyl halides is 1. The third kappa shape index (κ3) is 3.36. The zero-order chi connectivity index (χ0) is 14.8. The molecule has 0 saturated carbocycles. The van der Waals surface area contributed by atoms with Gasteiger partial charge in [0.25, 0.3) is 0 Å². The van der Waals surface area contributed by atoms with Crippen LogP contribution in [0, 0.1) is 5.92 Å². The first-order chi connectivity index (χ1) is 9.44. The van der Waals surface area contributed by atoms with Crippen LogP contribution in [0.15, 0.2) is 24.3 Å². The zero-order valence-corrected chi connectivity index (χ0v) is 13.6. The average Bonchev–Trinajstić information content (AvgIpc) is 2.38. The first-order valence-corrected chi connectivity index (χ1v) is 7.93. The molecule has 0 aromatic heterocycles. The van der Waals surface area contributed by atoms with Crippen LogP contribution in [-0.2, 0) is 21.7 Å². The van der Waals surface area contributed by atoms with Gasteiger partial charge in [0.1, 0.15) is 0 Å². The average molecular weight is 297 g/mol. The largest absolute Gasteiger partial charge is 0.345 e. The third-order valence-electron chi connectivity index (χ3n) is 3.74. The molecule has 3 unspecified atom stereocenters. The SMILES string of the molecule is CC(C)Cc1ccc(C2(C(C)Cl)OCCC(C)O2)cc1. The van der Waals surface area contributed by atoms with Crippen molar-refractivity contribution in [1.29, 1.82) is 0 Å². The number of benzene rings is 1. The van der Waals surface area contributed by atoms with Crippen molar-refractivity contribution in [2.75, 3.05) is 6.61 Å². The predicted octanol–water partition coefficient (Wildman–Crippen LogP) is 4.49. The molecule has 1 saturated heterocycles. The van der Waals surface area contributed by atoms with Gasteiger partial charge >= 0.3 is 0 Å². The van der Waals surface area contributed by atoms with Crippen LogP contribution in [0.4, 0.5) is 0 Å². The van der Waals surface area contributed by atoms with Crippen molar-refractivity contribution in [3.63, 3.8) is 0 Å². The van der Waals surface area contributed by atoms with Gasteiger partial charge in [-0.3, -0.25) is 0 Å². The lowest BCUT2D eigenvalue weighted by Crippen LogP contribution is -2.47. The summed E-state index contributed by atoms with van der Waals surface area (Å²) < 4.78 is 12.0. The molecule has 0 amide bonds. The van der Waals surface area contributed by atoms with Gasteiger partial charge in [-0.25, -0.2) is 0 Å². The summed E-state index contributed by atoms with van der Waals surface area (Å²) in [6, 6.07) is 8.49. The second kappa shape index (κ2) is 6.46. The molecule has 0 radical (unpaired) electrons. The van der Waals surface area contributed by atoms with Crippen molar-refractivity contribution in [2.45, 2.75) is 57.8 Å². The van der Waals surface area contributed by atoms with Crippen molar-refractivity contribution < 1.29 is 9.47 Å². The van der Waals surface area contributed by atoms with Crippen molar-refractivity contribution in [3.05, 3.63) is 35.4 Å². The Hall–Kier alpha value is -0.570. The summed E-state index contributed by atoms with van der Waals surface area (Å²) in [6.45, 7) is 9.15. The molecule has 1 fully saturated rings. The number of rotatable bonds is 4. The Balaban J connectivity index is 2.26. The van der Waals surface area contributed by atoms with Gasteiger partial charge < -0.3 is 9.47 Å². The minimum Gasteiger partial charge on any atom is -0.345 e. The van der Waals surface area contributed by atoms with Gasteiger partial charge in [-0.2, -0.15) is 0 Å². The van der Waals surface area contributed by atoms with Crippen LogP contribution in [-0.4, -0.2) is 18.1 Å². The lowest BCUT2D eigenvalue weighted by atomic mass is 9.96. The highest BCUT2D eigenvalue weighted by molar-refractivity contribution is 6.21. The maximum Gasteiger partial charge on any atom is 0.211 e. The lowest BCUT2D eigenvalue weighted by molar-refractivity contribution is -0.298. The Bertz CT molecular complexity index is 427. The van der Waals surface area contributed by atoms with E-state index in [4.69, 9.17) is 21.1 Å². The molecule has 1 aliphatic heterocycles. The highest BCUT2D eigenvalue weighted by atomic mass is 35.5. The van der Waals surface area contributed by atoms with E-state index in [0.29, 0.717) is 12.5 Å². The number of hydrogen-bond acceptors (Lipinski definition) is 2. The van der Waals surface area contributed by atoms with Gasteiger partial charge in [-0.05, 0) is 38.2 Å². The minimum atomic E-state index is -0.810. The van der Waals surface area contributed by atoms with Gasteiger partial charge in [0.05, 0.1) is 18.1 Å². The molecule has 1 aromatic rings. The van der Waals surface area contributed by atoms with Gasteiger partial charge in [-0.1, -0.05) is 38.1 Å². The van der Waals surface area contributed by atoms with E-state index in [9.17, 15) is 0 Å². The second-order valence-electron chi connectivity index (χ2n) is 6.14. The Morgan fingerprint density at radius 3 is 2.40 bits per heavy atom. The molecule has 3 atom stereocenters. The van der Waals surface area contributed by atoms with Gasteiger partial charge in [-0.15, -0.1) is 11.6 Å². The molecule has 1 aromatic carbocycles. The fraction of sp³-hybridized carbons (Fsp3) is 0.647. The maximum absolute atomic E-state index is 6.39. The molecule has 0 bridgehead atoms. The van der Waals surface area contributed by atoms with E-state index < -0.39 is 5.79 Å². The Kier molecular flexibility index (Phi) is 5.11. The van der Waals surface area contributed by atoms with E-state index in [1.54, 1.807) is 0 Å². The van der Waals surface area contributed by atoms with E-state index in [1.165, 1.54) is 5.56 Å². The molecule has 2 rings (SSSR count). The quantitative estimate of drug-likeness (QED) is 0.762. The number of ether oxygens (including phenoxy) is 2. The molecule has 1 aliphatic rings. The highest BCUT2D eigenvalue weighted by Gasteiger charge is 2.43. The first kappa shape index (κ1) is 15.8.